The molecule has 0 fully saturated rings. The van der Waals surface area contributed by atoms with Crippen LogP contribution in [0.2, 0.25) is 0 Å². The molecule has 17 heavy (non-hydrogen) atoms. The maximum Gasteiger partial charge on any atom is 0.307 e. The zero-order valence-electron chi connectivity index (χ0n) is 10.1. The minimum absolute atomic E-state index is 0.0179. The number of nitrogens with one attached hydrogen (secondary N) is 1. The summed E-state index contributed by atoms with van der Waals surface area (Å²) in [6, 6.07) is 0.0179. The highest BCUT2D eigenvalue weighted by molar-refractivity contribution is 7.07. The highest BCUT2D eigenvalue weighted by Gasteiger charge is 2.10. The second kappa shape index (κ2) is 6.56. The quantitative estimate of drug-likeness (QED) is 0.780. The molecule has 0 radical (unpaired) electrons. The van der Waals surface area contributed by atoms with E-state index in [4.69, 9.17) is 5.11 Å². The fraction of sp³-hybridized carbons (Fsp3) is 0.636. The van der Waals surface area contributed by atoms with Crippen LogP contribution in [0.3, 0.4) is 0 Å². The summed E-state index contributed by atoms with van der Waals surface area (Å²) in [5.41, 5.74) is 0.804. The van der Waals surface area contributed by atoms with E-state index in [2.05, 4.69) is 5.32 Å². The monoisotopic (exact) mass is 258 g/mol. The standard InChI is InChI=1S/C11H18N2O3S/c1-8(4-3-5-14)12-10(15)6-13-9(2)7-17-11(13)16/h7-8,14H,3-6H2,1-2H3,(H,12,15). The number of rotatable bonds is 6. The summed E-state index contributed by atoms with van der Waals surface area (Å²) in [5, 5.41) is 13.2. The van der Waals surface area contributed by atoms with Gasteiger partial charge in [0.25, 0.3) is 0 Å². The first kappa shape index (κ1) is 13.9. The van der Waals surface area contributed by atoms with Gasteiger partial charge in [-0.05, 0) is 26.7 Å². The normalized spacial score (nSPS) is 12.4. The zero-order chi connectivity index (χ0) is 12.8. The molecule has 0 aliphatic heterocycles. The third kappa shape index (κ3) is 4.32. The van der Waals surface area contributed by atoms with Gasteiger partial charge in [-0.15, -0.1) is 0 Å². The van der Waals surface area contributed by atoms with E-state index in [0.717, 1.165) is 23.5 Å². The second-order valence-electron chi connectivity index (χ2n) is 4.06. The molecule has 0 bridgehead atoms. The first-order valence-electron chi connectivity index (χ1n) is 5.59. The van der Waals surface area contributed by atoms with Crippen LogP contribution < -0.4 is 10.2 Å². The van der Waals surface area contributed by atoms with Crippen LogP contribution in [0.1, 0.15) is 25.5 Å². The van der Waals surface area contributed by atoms with Crippen molar-refractivity contribution in [2.75, 3.05) is 6.61 Å². The summed E-state index contributed by atoms with van der Waals surface area (Å²) in [4.78, 5) is 23.0. The lowest BCUT2D eigenvalue weighted by Gasteiger charge is -2.13. The van der Waals surface area contributed by atoms with Crippen LogP contribution in [0, 0.1) is 6.92 Å². The molecule has 2 N–H and O–H groups in total. The van der Waals surface area contributed by atoms with Gasteiger partial charge < -0.3 is 10.4 Å². The smallest absolute Gasteiger partial charge is 0.307 e. The topological polar surface area (TPSA) is 71.3 Å². The molecule has 0 aliphatic carbocycles. The SMILES string of the molecule is Cc1csc(=O)n1CC(=O)NC(C)CCCO. The summed E-state index contributed by atoms with van der Waals surface area (Å²) in [5.74, 6) is -0.168. The minimum atomic E-state index is -0.168. The van der Waals surface area contributed by atoms with Crippen LogP contribution >= 0.6 is 11.3 Å². The number of hydrogen-bond acceptors (Lipinski definition) is 4. The molecule has 1 aromatic rings. The average molecular weight is 258 g/mol. The Morgan fingerprint density at radius 3 is 2.88 bits per heavy atom. The number of aryl methyl sites for hydroxylation is 1. The number of hydrogen-bond donors (Lipinski definition) is 2. The Bertz CT molecular complexity index is 425. The lowest BCUT2D eigenvalue weighted by Crippen LogP contribution is -2.37. The first-order chi connectivity index (χ1) is 8.04. The third-order valence-electron chi connectivity index (χ3n) is 2.48. The fourth-order valence-electron chi connectivity index (χ4n) is 1.53. The van der Waals surface area contributed by atoms with Crippen molar-refractivity contribution in [1.29, 1.82) is 0 Å². The number of aromatic nitrogens is 1. The third-order valence-corrected chi connectivity index (χ3v) is 3.36. The van der Waals surface area contributed by atoms with Gasteiger partial charge in [-0.25, -0.2) is 0 Å². The van der Waals surface area contributed by atoms with E-state index >= 15 is 0 Å². The van der Waals surface area contributed by atoms with E-state index in [9.17, 15) is 9.59 Å². The summed E-state index contributed by atoms with van der Waals surface area (Å²) in [7, 11) is 0. The highest BCUT2D eigenvalue weighted by Crippen LogP contribution is 2.00. The molecule has 0 spiro atoms. The van der Waals surface area contributed by atoms with E-state index in [1.165, 1.54) is 4.57 Å². The van der Waals surface area contributed by atoms with Crippen molar-refractivity contribution in [1.82, 2.24) is 9.88 Å². The molecule has 1 amide bonds. The Hall–Kier alpha value is -1.14. The van der Waals surface area contributed by atoms with Gasteiger partial charge in [0, 0.05) is 23.7 Å². The van der Waals surface area contributed by atoms with Crippen molar-refractivity contribution >= 4 is 17.2 Å². The predicted molar refractivity (Wildman–Crippen MR) is 67.2 cm³/mol. The van der Waals surface area contributed by atoms with E-state index in [0.29, 0.717) is 6.42 Å². The molecule has 0 saturated heterocycles. The van der Waals surface area contributed by atoms with Crippen molar-refractivity contribution in [3.8, 4) is 0 Å². The van der Waals surface area contributed by atoms with Crippen LogP contribution in [0.15, 0.2) is 10.2 Å². The van der Waals surface area contributed by atoms with Crippen molar-refractivity contribution in [3.05, 3.63) is 20.7 Å². The Morgan fingerprint density at radius 2 is 2.35 bits per heavy atom. The molecule has 96 valence electrons. The number of carbonyl (C=O) groups is 1. The van der Waals surface area contributed by atoms with Gasteiger partial charge in [0.2, 0.25) is 5.91 Å². The van der Waals surface area contributed by atoms with Gasteiger partial charge in [0.15, 0.2) is 0 Å². The van der Waals surface area contributed by atoms with Gasteiger partial charge in [-0.3, -0.25) is 14.2 Å². The number of aliphatic hydroxyl groups is 1. The van der Waals surface area contributed by atoms with Crippen LogP contribution in [0.4, 0.5) is 0 Å². The van der Waals surface area contributed by atoms with E-state index in [1.807, 2.05) is 6.92 Å². The maximum absolute atomic E-state index is 11.7. The largest absolute Gasteiger partial charge is 0.396 e. The van der Waals surface area contributed by atoms with Gasteiger partial charge in [0.05, 0.1) is 0 Å². The summed E-state index contributed by atoms with van der Waals surface area (Å²) in [6.45, 7) is 3.89. The number of amides is 1. The van der Waals surface area contributed by atoms with Crippen LogP contribution in [0.25, 0.3) is 0 Å². The van der Waals surface area contributed by atoms with E-state index in [-0.39, 0.29) is 30.0 Å². The van der Waals surface area contributed by atoms with E-state index < -0.39 is 0 Å². The minimum Gasteiger partial charge on any atom is -0.396 e. The number of aliphatic hydroxyl groups excluding tert-OH is 1. The van der Waals surface area contributed by atoms with Gasteiger partial charge >= 0.3 is 4.87 Å². The number of carbonyl (C=O) groups excluding carboxylic acids is 1. The Labute approximate surface area is 104 Å². The van der Waals surface area contributed by atoms with Gasteiger partial charge in [-0.2, -0.15) is 0 Å². The Balaban J connectivity index is 2.47. The second-order valence-corrected chi connectivity index (χ2v) is 4.88. The van der Waals surface area contributed by atoms with Crippen LogP contribution in [-0.4, -0.2) is 28.2 Å². The van der Waals surface area contributed by atoms with Crippen LogP contribution in [-0.2, 0) is 11.3 Å². The fourth-order valence-corrected chi connectivity index (χ4v) is 2.26. The maximum atomic E-state index is 11.7. The molecule has 0 aliphatic rings. The Kier molecular flexibility index (Phi) is 5.37. The molecule has 0 saturated carbocycles. The molecular formula is C11H18N2O3S. The zero-order valence-corrected chi connectivity index (χ0v) is 10.9. The summed E-state index contributed by atoms with van der Waals surface area (Å²) < 4.78 is 1.46. The van der Waals surface area contributed by atoms with E-state index in [1.54, 1.807) is 12.3 Å². The van der Waals surface area contributed by atoms with Crippen molar-refractivity contribution < 1.29 is 9.90 Å². The molecule has 1 unspecified atom stereocenters. The molecule has 0 aromatic carbocycles. The molecule has 1 atom stereocenters. The number of thiazole rings is 1. The Morgan fingerprint density at radius 1 is 1.65 bits per heavy atom. The molecule has 1 rings (SSSR count). The van der Waals surface area contributed by atoms with Crippen molar-refractivity contribution in [3.63, 3.8) is 0 Å². The van der Waals surface area contributed by atoms with Gasteiger partial charge in [0.1, 0.15) is 6.54 Å². The molecule has 1 aromatic heterocycles. The average Bonchev–Trinajstić information content (AvgIpc) is 2.58. The predicted octanol–water partition coefficient (Wildman–Crippen LogP) is 0.495. The first-order valence-corrected chi connectivity index (χ1v) is 6.47. The van der Waals surface area contributed by atoms with Crippen LogP contribution in [0.5, 0.6) is 0 Å². The molecular weight excluding hydrogens is 240 g/mol. The molecule has 6 heteroatoms. The lowest BCUT2D eigenvalue weighted by molar-refractivity contribution is -0.122. The van der Waals surface area contributed by atoms with Crippen molar-refractivity contribution in [2.24, 2.45) is 0 Å². The lowest BCUT2D eigenvalue weighted by atomic mass is 10.2. The van der Waals surface area contributed by atoms with Crippen molar-refractivity contribution in [2.45, 2.75) is 39.3 Å². The molecule has 1 heterocycles. The van der Waals surface area contributed by atoms with Gasteiger partial charge in [-0.1, -0.05) is 11.3 Å². The number of nitrogens with zero attached hydrogens (tertiary/aromatic N) is 1. The summed E-state index contributed by atoms with van der Waals surface area (Å²) >= 11 is 1.10. The highest BCUT2D eigenvalue weighted by atomic mass is 32.1. The summed E-state index contributed by atoms with van der Waals surface area (Å²) in [6.07, 6.45) is 1.40. The molecule has 5 nitrogen and oxygen atoms in total.